The van der Waals surface area contributed by atoms with Gasteiger partial charge in [0.2, 0.25) is 0 Å². The van der Waals surface area contributed by atoms with Gasteiger partial charge in [-0.1, -0.05) is 23.7 Å². The lowest BCUT2D eigenvalue weighted by Gasteiger charge is -2.18. The van der Waals surface area contributed by atoms with Crippen LogP contribution in [-0.2, 0) is 0 Å². The van der Waals surface area contributed by atoms with Gasteiger partial charge in [-0.05, 0) is 37.1 Å². The van der Waals surface area contributed by atoms with E-state index in [2.05, 4.69) is 23.0 Å². The van der Waals surface area contributed by atoms with Crippen LogP contribution in [0.1, 0.15) is 32.6 Å². The second-order valence-electron chi connectivity index (χ2n) is 3.24. The van der Waals surface area contributed by atoms with Crippen LogP contribution >= 0.6 is 0 Å². The van der Waals surface area contributed by atoms with Crippen LogP contribution in [0, 0.1) is 5.92 Å². The Balaban J connectivity index is 2.48. The molecule has 0 saturated carbocycles. The highest BCUT2D eigenvalue weighted by atomic mass is 15.1. The molecule has 0 aromatic carbocycles. The second-order valence-corrected chi connectivity index (χ2v) is 3.24. The van der Waals surface area contributed by atoms with Crippen LogP contribution in [-0.4, -0.2) is 6.54 Å². The van der Waals surface area contributed by atoms with E-state index in [-0.39, 0.29) is 0 Å². The van der Waals surface area contributed by atoms with Crippen molar-refractivity contribution in [3.8, 4) is 0 Å². The zero-order valence-electron chi connectivity index (χ0n) is 7.53. The molecule has 1 rings (SSSR count). The summed E-state index contributed by atoms with van der Waals surface area (Å²) in [6.45, 7) is 2.82. The average Bonchev–Trinajstić information content (AvgIpc) is 2.15. The zero-order valence-corrected chi connectivity index (χ0v) is 7.53. The first-order valence-electron chi connectivity index (χ1n) is 4.57. The lowest BCUT2D eigenvalue weighted by atomic mass is 9.89. The molecule has 0 N–H and O–H groups in total. The molecule has 1 atom stereocenters. The SMILES string of the molecule is CCC1=CC(CN=[N+]=[N-])CCC1. The van der Waals surface area contributed by atoms with Gasteiger partial charge in [0, 0.05) is 11.5 Å². The van der Waals surface area contributed by atoms with E-state index in [0.717, 1.165) is 6.42 Å². The lowest BCUT2D eigenvalue weighted by Crippen LogP contribution is -2.07. The Labute approximate surface area is 73.1 Å². The van der Waals surface area contributed by atoms with E-state index >= 15 is 0 Å². The van der Waals surface area contributed by atoms with E-state index in [0.29, 0.717) is 12.5 Å². The van der Waals surface area contributed by atoms with Crippen LogP contribution in [0.25, 0.3) is 10.4 Å². The fourth-order valence-corrected chi connectivity index (χ4v) is 1.67. The Hall–Kier alpha value is -0.950. The van der Waals surface area contributed by atoms with Crippen molar-refractivity contribution in [1.29, 1.82) is 0 Å². The lowest BCUT2D eigenvalue weighted by molar-refractivity contribution is 0.530. The Morgan fingerprint density at radius 2 is 2.58 bits per heavy atom. The molecular formula is C9H15N3. The van der Waals surface area contributed by atoms with Gasteiger partial charge in [0.05, 0.1) is 0 Å². The van der Waals surface area contributed by atoms with Gasteiger partial charge in [0.15, 0.2) is 0 Å². The van der Waals surface area contributed by atoms with Crippen molar-refractivity contribution >= 4 is 0 Å². The Kier molecular flexibility index (Phi) is 3.68. The number of azide groups is 1. The molecule has 0 amide bonds. The van der Waals surface area contributed by atoms with E-state index in [1.54, 1.807) is 0 Å². The van der Waals surface area contributed by atoms with E-state index in [1.807, 2.05) is 0 Å². The topological polar surface area (TPSA) is 48.8 Å². The first kappa shape index (κ1) is 9.14. The predicted octanol–water partition coefficient (Wildman–Crippen LogP) is 3.43. The largest absolute Gasteiger partial charge is 0.0934 e. The summed E-state index contributed by atoms with van der Waals surface area (Å²) in [5, 5.41) is 3.60. The highest BCUT2D eigenvalue weighted by Gasteiger charge is 2.11. The minimum absolute atomic E-state index is 0.504. The number of rotatable bonds is 3. The third-order valence-electron chi connectivity index (χ3n) is 2.38. The number of hydrogen-bond acceptors (Lipinski definition) is 1. The maximum atomic E-state index is 8.16. The molecule has 0 aromatic heterocycles. The summed E-state index contributed by atoms with van der Waals surface area (Å²) in [5.41, 5.74) is 9.68. The van der Waals surface area contributed by atoms with Crippen LogP contribution in [0.5, 0.6) is 0 Å². The third kappa shape index (κ3) is 2.59. The zero-order chi connectivity index (χ0) is 8.81. The minimum Gasteiger partial charge on any atom is -0.0934 e. The number of allylic oxidation sites excluding steroid dienone is 1. The molecule has 0 fully saturated rings. The highest BCUT2D eigenvalue weighted by Crippen LogP contribution is 2.24. The van der Waals surface area contributed by atoms with Crippen molar-refractivity contribution in [1.82, 2.24) is 0 Å². The quantitative estimate of drug-likeness (QED) is 0.266. The van der Waals surface area contributed by atoms with Gasteiger partial charge in [-0.2, -0.15) is 0 Å². The molecule has 1 aliphatic carbocycles. The van der Waals surface area contributed by atoms with Crippen molar-refractivity contribution in [3.05, 3.63) is 22.1 Å². The summed E-state index contributed by atoms with van der Waals surface area (Å²) in [6.07, 6.45) is 7.11. The molecule has 0 heterocycles. The van der Waals surface area contributed by atoms with Crippen molar-refractivity contribution in [3.63, 3.8) is 0 Å². The Bertz CT molecular complexity index is 214. The molecule has 0 bridgehead atoms. The normalized spacial score (nSPS) is 22.8. The number of nitrogens with zero attached hydrogens (tertiary/aromatic N) is 3. The summed E-state index contributed by atoms with van der Waals surface area (Å²) in [7, 11) is 0. The number of hydrogen-bond donors (Lipinski definition) is 0. The van der Waals surface area contributed by atoms with Gasteiger partial charge in [0.1, 0.15) is 0 Å². The second kappa shape index (κ2) is 4.83. The predicted molar refractivity (Wildman–Crippen MR) is 49.7 cm³/mol. The first-order valence-corrected chi connectivity index (χ1v) is 4.57. The van der Waals surface area contributed by atoms with Gasteiger partial charge in [-0.15, -0.1) is 0 Å². The van der Waals surface area contributed by atoms with Crippen molar-refractivity contribution in [2.75, 3.05) is 6.54 Å². The van der Waals surface area contributed by atoms with Crippen molar-refractivity contribution in [2.45, 2.75) is 32.6 Å². The summed E-state index contributed by atoms with van der Waals surface area (Å²) >= 11 is 0. The van der Waals surface area contributed by atoms with E-state index in [4.69, 9.17) is 5.53 Å². The fourth-order valence-electron chi connectivity index (χ4n) is 1.67. The molecule has 3 heteroatoms. The molecule has 1 unspecified atom stereocenters. The molecule has 0 radical (unpaired) electrons. The molecule has 0 spiro atoms. The van der Waals surface area contributed by atoms with Crippen molar-refractivity contribution in [2.24, 2.45) is 11.0 Å². The molecule has 3 nitrogen and oxygen atoms in total. The minimum atomic E-state index is 0.504. The van der Waals surface area contributed by atoms with E-state index in [9.17, 15) is 0 Å². The smallest absolute Gasteiger partial charge is 0.0320 e. The Morgan fingerprint density at radius 1 is 1.75 bits per heavy atom. The Morgan fingerprint density at radius 3 is 3.25 bits per heavy atom. The van der Waals surface area contributed by atoms with E-state index < -0.39 is 0 Å². The van der Waals surface area contributed by atoms with Crippen LogP contribution in [0.2, 0.25) is 0 Å². The maximum absolute atomic E-state index is 8.16. The standard InChI is InChI=1S/C9H15N3/c1-2-8-4-3-5-9(6-8)7-11-12-10/h6,9H,2-5,7H2,1H3. The van der Waals surface area contributed by atoms with Crippen molar-refractivity contribution < 1.29 is 0 Å². The first-order chi connectivity index (χ1) is 5.86. The third-order valence-corrected chi connectivity index (χ3v) is 2.38. The summed E-state index contributed by atoms with van der Waals surface area (Å²) in [6, 6.07) is 0. The van der Waals surface area contributed by atoms with Crippen LogP contribution in [0.3, 0.4) is 0 Å². The highest BCUT2D eigenvalue weighted by molar-refractivity contribution is 5.07. The summed E-state index contributed by atoms with van der Waals surface area (Å²) in [5.74, 6) is 0.504. The van der Waals surface area contributed by atoms with Gasteiger partial charge >= 0.3 is 0 Å². The average molecular weight is 165 g/mol. The van der Waals surface area contributed by atoms with Crippen LogP contribution < -0.4 is 0 Å². The molecule has 0 aliphatic heterocycles. The molecule has 0 saturated heterocycles. The summed E-state index contributed by atoms with van der Waals surface area (Å²) < 4.78 is 0. The van der Waals surface area contributed by atoms with Gasteiger partial charge in [-0.3, -0.25) is 0 Å². The summed E-state index contributed by atoms with van der Waals surface area (Å²) in [4.78, 5) is 2.78. The monoisotopic (exact) mass is 165 g/mol. The fraction of sp³-hybridized carbons (Fsp3) is 0.778. The van der Waals surface area contributed by atoms with E-state index in [1.165, 1.54) is 24.8 Å². The molecule has 0 aromatic rings. The van der Waals surface area contributed by atoms with Gasteiger partial charge in [0.25, 0.3) is 0 Å². The van der Waals surface area contributed by atoms with Gasteiger partial charge in [-0.25, -0.2) is 0 Å². The van der Waals surface area contributed by atoms with Crippen LogP contribution in [0.4, 0.5) is 0 Å². The molecular weight excluding hydrogens is 150 g/mol. The van der Waals surface area contributed by atoms with Crippen LogP contribution in [0.15, 0.2) is 16.8 Å². The maximum Gasteiger partial charge on any atom is 0.0320 e. The molecule has 66 valence electrons. The molecule has 12 heavy (non-hydrogen) atoms. The van der Waals surface area contributed by atoms with Gasteiger partial charge < -0.3 is 0 Å². The molecule has 1 aliphatic rings.